The van der Waals surface area contributed by atoms with Crippen molar-refractivity contribution in [3.05, 3.63) is 41.3 Å². The molecule has 0 aliphatic rings. The van der Waals surface area contributed by atoms with Crippen LogP contribution in [0.1, 0.15) is 57.2 Å². The Morgan fingerprint density at radius 2 is 1.91 bits per heavy atom. The summed E-state index contributed by atoms with van der Waals surface area (Å²) in [5.74, 6) is 1.12. The molecule has 0 aromatic carbocycles. The zero-order valence-corrected chi connectivity index (χ0v) is 21.1. The molecule has 0 aliphatic carbocycles. The van der Waals surface area contributed by atoms with E-state index in [2.05, 4.69) is 92.1 Å². The normalized spacial score (nSPS) is 12.9. The van der Waals surface area contributed by atoms with Crippen molar-refractivity contribution in [3.63, 3.8) is 0 Å². The molecule has 0 saturated heterocycles. The quantitative estimate of drug-likeness (QED) is 0.359. The molecule has 4 heterocycles. The molecule has 0 radical (unpaired) electrons. The second kappa shape index (κ2) is 9.43. The highest BCUT2D eigenvalue weighted by atomic mass is 15.3. The van der Waals surface area contributed by atoms with Crippen LogP contribution in [0.15, 0.2) is 24.7 Å². The van der Waals surface area contributed by atoms with E-state index in [0.29, 0.717) is 12.6 Å². The smallest absolute Gasteiger partial charge is 0.158 e. The Hall–Kier alpha value is -3.44. The fourth-order valence-corrected chi connectivity index (χ4v) is 4.59. The second-order valence-electron chi connectivity index (χ2n) is 9.71. The summed E-state index contributed by atoms with van der Waals surface area (Å²) in [4.78, 5) is 15.2. The number of H-pyrrole nitrogens is 1. The Morgan fingerprint density at radius 1 is 1.15 bits per heavy atom. The van der Waals surface area contributed by atoms with Gasteiger partial charge in [0.2, 0.25) is 0 Å². The van der Waals surface area contributed by atoms with Gasteiger partial charge in [0, 0.05) is 36.0 Å². The molecule has 0 aliphatic heterocycles. The van der Waals surface area contributed by atoms with Crippen molar-refractivity contribution in [3.8, 4) is 17.3 Å². The van der Waals surface area contributed by atoms with Crippen LogP contribution in [0.4, 0.5) is 5.82 Å². The van der Waals surface area contributed by atoms with Gasteiger partial charge in [-0.15, -0.1) is 0 Å². The molecule has 178 valence electrons. The average molecular weight is 459 g/mol. The summed E-state index contributed by atoms with van der Waals surface area (Å²) in [6, 6.07) is 6.85. The van der Waals surface area contributed by atoms with E-state index < -0.39 is 0 Å². The predicted molar refractivity (Wildman–Crippen MR) is 137 cm³/mol. The van der Waals surface area contributed by atoms with Crippen LogP contribution in [0.25, 0.3) is 27.9 Å². The van der Waals surface area contributed by atoms with Gasteiger partial charge in [-0.2, -0.15) is 10.4 Å². The summed E-state index contributed by atoms with van der Waals surface area (Å²) >= 11 is 0. The Kier molecular flexibility index (Phi) is 6.58. The zero-order valence-electron chi connectivity index (χ0n) is 21.1. The number of pyridine rings is 2. The van der Waals surface area contributed by atoms with E-state index in [9.17, 15) is 0 Å². The number of anilines is 1. The van der Waals surface area contributed by atoms with Gasteiger partial charge in [-0.05, 0) is 63.8 Å². The van der Waals surface area contributed by atoms with E-state index in [0.717, 1.165) is 45.9 Å². The molecule has 0 spiro atoms. The number of rotatable bonds is 8. The number of hydrogen-bond donors (Lipinski definition) is 2. The van der Waals surface area contributed by atoms with Crippen LogP contribution in [0, 0.1) is 25.2 Å². The Labute approximate surface area is 201 Å². The Balaban J connectivity index is 1.73. The van der Waals surface area contributed by atoms with Crippen molar-refractivity contribution >= 4 is 22.5 Å². The van der Waals surface area contributed by atoms with Gasteiger partial charge in [0.25, 0.3) is 0 Å². The Morgan fingerprint density at radius 3 is 2.59 bits per heavy atom. The number of hydrogen-bond acceptors (Lipinski definition) is 6. The molecule has 4 aromatic heterocycles. The van der Waals surface area contributed by atoms with Gasteiger partial charge in [-0.3, -0.25) is 4.90 Å². The lowest BCUT2D eigenvalue weighted by atomic mass is 9.95. The third-order valence-electron chi connectivity index (χ3n) is 6.56. The fraction of sp³-hybridized carbons (Fsp3) is 0.462. The SMILES string of the molecule is Cc1c(-c2[nH]c3ccc(N[C@H](C)CN(CC#N)C(C)C)nc3c2C(C)C)cn2ncnc2c1C. The summed E-state index contributed by atoms with van der Waals surface area (Å²) in [5, 5.41) is 17.0. The van der Waals surface area contributed by atoms with Crippen LogP contribution < -0.4 is 5.32 Å². The Bertz CT molecular complexity index is 1350. The van der Waals surface area contributed by atoms with E-state index in [1.165, 1.54) is 11.1 Å². The third kappa shape index (κ3) is 4.36. The molecule has 2 N–H and O–H groups in total. The minimum absolute atomic E-state index is 0.154. The highest BCUT2D eigenvalue weighted by Gasteiger charge is 2.21. The molecule has 34 heavy (non-hydrogen) atoms. The summed E-state index contributed by atoms with van der Waals surface area (Å²) in [6.07, 6.45) is 3.65. The van der Waals surface area contributed by atoms with Crippen LogP contribution in [-0.4, -0.2) is 54.6 Å². The van der Waals surface area contributed by atoms with Crippen LogP contribution >= 0.6 is 0 Å². The molecule has 4 rings (SSSR count). The standard InChI is InChI=1S/C26H34N8/c1-15(2)23-24(20-13-34-26(28-14-29-34)19(7)18(20)6)31-21-8-9-22(32-25(21)23)30-17(5)12-33(11-10-27)16(3)4/h8-9,13-17,31H,11-12H2,1-7H3,(H,30,32)/t17-/m1/s1. The van der Waals surface area contributed by atoms with E-state index in [1.54, 1.807) is 6.33 Å². The molecule has 0 unspecified atom stereocenters. The zero-order chi connectivity index (χ0) is 24.6. The van der Waals surface area contributed by atoms with Gasteiger partial charge in [0.1, 0.15) is 12.1 Å². The first-order valence-corrected chi connectivity index (χ1v) is 11.9. The summed E-state index contributed by atoms with van der Waals surface area (Å²) < 4.78 is 1.84. The number of nitrogens with zero attached hydrogens (tertiary/aromatic N) is 6. The van der Waals surface area contributed by atoms with E-state index in [4.69, 9.17) is 10.2 Å². The molecule has 1 atom stereocenters. The van der Waals surface area contributed by atoms with Gasteiger partial charge in [0.05, 0.1) is 29.3 Å². The molecule has 8 heteroatoms. The number of aromatic nitrogens is 5. The topological polar surface area (TPSA) is 97.9 Å². The van der Waals surface area contributed by atoms with Crippen LogP contribution in [0.5, 0.6) is 0 Å². The molecule has 4 aromatic rings. The number of nitrogens with one attached hydrogen (secondary N) is 2. The van der Waals surface area contributed by atoms with Crippen molar-refractivity contribution in [2.45, 2.75) is 66.5 Å². The summed E-state index contributed by atoms with van der Waals surface area (Å²) in [7, 11) is 0. The van der Waals surface area contributed by atoms with Crippen molar-refractivity contribution in [1.82, 2.24) is 29.5 Å². The molecule has 0 saturated carbocycles. The molecular weight excluding hydrogens is 424 g/mol. The second-order valence-corrected chi connectivity index (χ2v) is 9.71. The van der Waals surface area contributed by atoms with Crippen molar-refractivity contribution in [2.75, 3.05) is 18.4 Å². The largest absolute Gasteiger partial charge is 0.366 e. The lowest BCUT2D eigenvalue weighted by Gasteiger charge is -2.27. The minimum Gasteiger partial charge on any atom is -0.366 e. The van der Waals surface area contributed by atoms with E-state index >= 15 is 0 Å². The number of nitriles is 1. The lowest BCUT2D eigenvalue weighted by Crippen LogP contribution is -2.39. The van der Waals surface area contributed by atoms with E-state index in [1.807, 2.05) is 10.6 Å². The maximum absolute atomic E-state index is 9.13. The highest BCUT2D eigenvalue weighted by molar-refractivity contribution is 5.90. The molecule has 0 amide bonds. The summed E-state index contributed by atoms with van der Waals surface area (Å²) in [6.45, 7) is 16.2. The molecule has 0 fully saturated rings. The first-order valence-electron chi connectivity index (χ1n) is 11.9. The van der Waals surface area contributed by atoms with Gasteiger partial charge < -0.3 is 10.3 Å². The monoisotopic (exact) mass is 458 g/mol. The summed E-state index contributed by atoms with van der Waals surface area (Å²) in [5.41, 5.74) is 8.59. The minimum atomic E-state index is 0.154. The van der Waals surface area contributed by atoms with Gasteiger partial charge in [-0.25, -0.2) is 14.5 Å². The molecule has 0 bridgehead atoms. The molecular formula is C26H34N8. The van der Waals surface area contributed by atoms with Gasteiger partial charge in [0.15, 0.2) is 5.65 Å². The lowest BCUT2D eigenvalue weighted by molar-refractivity contribution is 0.242. The maximum Gasteiger partial charge on any atom is 0.158 e. The fourth-order valence-electron chi connectivity index (χ4n) is 4.59. The van der Waals surface area contributed by atoms with Crippen LogP contribution in [0.2, 0.25) is 0 Å². The van der Waals surface area contributed by atoms with E-state index in [-0.39, 0.29) is 12.0 Å². The van der Waals surface area contributed by atoms with Crippen LogP contribution in [0.3, 0.4) is 0 Å². The first kappa shape index (κ1) is 23.7. The van der Waals surface area contributed by atoms with Crippen molar-refractivity contribution in [1.29, 1.82) is 5.26 Å². The first-order chi connectivity index (χ1) is 16.2. The van der Waals surface area contributed by atoms with Gasteiger partial charge >= 0.3 is 0 Å². The average Bonchev–Trinajstić information content (AvgIpc) is 3.40. The number of aryl methyl sites for hydroxylation is 1. The van der Waals surface area contributed by atoms with Crippen molar-refractivity contribution in [2.24, 2.45) is 0 Å². The van der Waals surface area contributed by atoms with Crippen molar-refractivity contribution < 1.29 is 0 Å². The van der Waals surface area contributed by atoms with Gasteiger partial charge in [-0.1, -0.05) is 13.8 Å². The maximum atomic E-state index is 9.13. The molecule has 8 nitrogen and oxygen atoms in total. The third-order valence-corrected chi connectivity index (χ3v) is 6.56. The number of aromatic amines is 1. The van der Waals surface area contributed by atoms with Crippen LogP contribution in [-0.2, 0) is 0 Å². The number of fused-ring (bicyclic) bond motifs is 2. The highest BCUT2D eigenvalue weighted by Crippen LogP contribution is 2.37. The predicted octanol–water partition coefficient (Wildman–Crippen LogP) is 5.05.